The van der Waals surface area contributed by atoms with Gasteiger partial charge in [0.2, 0.25) is 5.91 Å². The predicted octanol–water partition coefficient (Wildman–Crippen LogP) is 1.23. The van der Waals surface area contributed by atoms with Gasteiger partial charge in [-0.3, -0.25) is 9.59 Å². The Labute approximate surface area is 163 Å². The Bertz CT molecular complexity index is 748. The normalized spacial score (nSPS) is 31.1. The number of thiazole rings is 1. The summed E-state index contributed by atoms with van der Waals surface area (Å²) in [5.41, 5.74) is 4.28. The van der Waals surface area contributed by atoms with Crippen LogP contribution in [0.3, 0.4) is 0 Å². The van der Waals surface area contributed by atoms with Crippen LogP contribution in [0, 0.1) is 11.3 Å². The first-order valence-electron chi connectivity index (χ1n) is 9.74. The molecule has 2 amide bonds. The summed E-state index contributed by atoms with van der Waals surface area (Å²) in [6, 6.07) is 0. The minimum absolute atomic E-state index is 0.122. The van der Waals surface area contributed by atoms with Crippen molar-refractivity contribution in [1.29, 1.82) is 0 Å². The number of rotatable bonds is 6. The molecule has 0 unspecified atom stereocenters. The van der Waals surface area contributed by atoms with E-state index in [-0.39, 0.29) is 11.8 Å². The second-order valence-corrected chi connectivity index (χ2v) is 9.84. The summed E-state index contributed by atoms with van der Waals surface area (Å²) in [6.07, 6.45) is 5.32. The van der Waals surface area contributed by atoms with E-state index in [1.54, 1.807) is 6.20 Å². The molecule has 1 aliphatic carbocycles. The zero-order valence-electron chi connectivity index (χ0n) is 16.0. The molecule has 4 aliphatic rings. The fraction of sp³-hybridized carbons (Fsp3) is 0.737. The van der Waals surface area contributed by atoms with Gasteiger partial charge in [0.25, 0.3) is 5.91 Å². The van der Waals surface area contributed by atoms with Gasteiger partial charge in [-0.05, 0) is 44.7 Å². The summed E-state index contributed by atoms with van der Waals surface area (Å²) < 4.78 is 6.49. The number of carbonyl (C=O) groups is 2. The Hall–Kier alpha value is -1.51. The number of amides is 2. The number of aromatic nitrogens is 1. The fourth-order valence-corrected chi connectivity index (χ4v) is 6.16. The van der Waals surface area contributed by atoms with Crippen molar-refractivity contribution in [1.82, 2.24) is 15.6 Å². The highest BCUT2D eigenvalue weighted by Crippen LogP contribution is 2.68. The molecule has 8 heteroatoms. The van der Waals surface area contributed by atoms with Gasteiger partial charge in [-0.1, -0.05) is 13.8 Å². The van der Waals surface area contributed by atoms with Crippen molar-refractivity contribution in [2.75, 3.05) is 19.6 Å². The molecule has 1 aromatic heterocycles. The second-order valence-electron chi connectivity index (χ2n) is 8.73. The van der Waals surface area contributed by atoms with E-state index in [1.165, 1.54) is 11.3 Å². The molecule has 7 nitrogen and oxygen atoms in total. The topological polar surface area (TPSA) is 106 Å². The van der Waals surface area contributed by atoms with Crippen molar-refractivity contribution in [3.63, 3.8) is 0 Å². The van der Waals surface area contributed by atoms with E-state index < -0.39 is 16.6 Å². The molecule has 27 heavy (non-hydrogen) atoms. The Kier molecular flexibility index (Phi) is 4.56. The van der Waals surface area contributed by atoms with Gasteiger partial charge < -0.3 is 21.1 Å². The number of primary amides is 1. The third-order valence-corrected chi connectivity index (χ3v) is 7.36. The first kappa shape index (κ1) is 18.8. The van der Waals surface area contributed by atoms with Crippen molar-refractivity contribution >= 4 is 23.2 Å². The lowest BCUT2D eigenvalue weighted by atomic mass is 9.53. The Morgan fingerprint density at radius 1 is 1.37 bits per heavy atom. The first-order chi connectivity index (χ1) is 12.8. The van der Waals surface area contributed by atoms with Crippen LogP contribution in [0.4, 0.5) is 0 Å². The van der Waals surface area contributed by atoms with Crippen LogP contribution in [-0.2, 0) is 16.0 Å². The van der Waals surface area contributed by atoms with Crippen molar-refractivity contribution in [2.24, 2.45) is 17.1 Å². The van der Waals surface area contributed by atoms with Crippen LogP contribution < -0.4 is 16.4 Å². The number of piperidine rings is 1. The largest absolute Gasteiger partial charge is 0.369 e. The van der Waals surface area contributed by atoms with Gasteiger partial charge in [-0.2, -0.15) is 0 Å². The lowest BCUT2D eigenvalue weighted by Gasteiger charge is -2.47. The Morgan fingerprint density at radius 2 is 2.07 bits per heavy atom. The van der Waals surface area contributed by atoms with Crippen LogP contribution >= 0.6 is 11.3 Å². The zero-order chi connectivity index (χ0) is 19.3. The molecule has 0 aromatic carbocycles. The molecule has 3 saturated heterocycles. The summed E-state index contributed by atoms with van der Waals surface area (Å²) in [4.78, 5) is 29.8. The van der Waals surface area contributed by atoms with Gasteiger partial charge in [-0.15, -0.1) is 11.3 Å². The number of nitrogens with one attached hydrogen (secondary N) is 2. The smallest absolute Gasteiger partial charge is 0.263 e. The van der Waals surface area contributed by atoms with Gasteiger partial charge >= 0.3 is 0 Å². The van der Waals surface area contributed by atoms with E-state index in [4.69, 9.17) is 10.5 Å². The van der Waals surface area contributed by atoms with Gasteiger partial charge in [-0.25, -0.2) is 4.98 Å². The van der Waals surface area contributed by atoms with Crippen molar-refractivity contribution in [3.05, 3.63) is 16.1 Å². The molecule has 4 heterocycles. The lowest BCUT2D eigenvalue weighted by molar-refractivity contribution is -0.137. The predicted molar refractivity (Wildman–Crippen MR) is 103 cm³/mol. The maximum atomic E-state index is 12.5. The summed E-state index contributed by atoms with van der Waals surface area (Å²) >= 11 is 1.44. The molecule has 5 rings (SSSR count). The van der Waals surface area contributed by atoms with Crippen LogP contribution in [0.2, 0.25) is 0 Å². The highest BCUT2D eigenvalue weighted by atomic mass is 32.1. The first-order valence-corrected chi connectivity index (χ1v) is 10.6. The maximum Gasteiger partial charge on any atom is 0.263 e. The minimum atomic E-state index is -0.575. The Balaban J connectivity index is 1.41. The van der Waals surface area contributed by atoms with E-state index in [2.05, 4.69) is 29.5 Å². The van der Waals surface area contributed by atoms with Crippen molar-refractivity contribution in [2.45, 2.75) is 57.2 Å². The van der Waals surface area contributed by atoms with E-state index in [0.717, 1.165) is 37.4 Å². The minimum Gasteiger partial charge on any atom is -0.369 e. The molecule has 0 atom stereocenters. The molecular formula is C19H28N4O3S. The van der Waals surface area contributed by atoms with Crippen LogP contribution in [0.25, 0.3) is 0 Å². The van der Waals surface area contributed by atoms with Gasteiger partial charge in [0, 0.05) is 13.0 Å². The van der Waals surface area contributed by atoms with E-state index in [0.29, 0.717) is 30.2 Å². The van der Waals surface area contributed by atoms with E-state index in [9.17, 15) is 9.59 Å². The molecule has 1 spiro atoms. The summed E-state index contributed by atoms with van der Waals surface area (Å²) in [6.45, 7) is 6.34. The number of nitrogens with zero attached hydrogens (tertiary/aromatic N) is 1. The molecule has 3 aliphatic heterocycles. The maximum absolute atomic E-state index is 12.5. The van der Waals surface area contributed by atoms with E-state index >= 15 is 0 Å². The van der Waals surface area contributed by atoms with Gasteiger partial charge in [0.1, 0.15) is 4.88 Å². The average molecular weight is 393 g/mol. The van der Waals surface area contributed by atoms with Gasteiger partial charge in [0.15, 0.2) is 0 Å². The number of nitrogens with two attached hydrogens (primary N) is 1. The number of hydrogen-bond acceptors (Lipinski definition) is 6. The molecular weight excluding hydrogens is 364 g/mol. The molecule has 1 saturated carbocycles. The highest BCUT2D eigenvalue weighted by Gasteiger charge is 2.77. The molecule has 2 bridgehead atoms. The van der Waals surface area contributed by atoms with Crippen molar-refractivity contribution < 1.29 is 14.3 Å². The molecule has 1 aromatic rings. The van der Waals surface area contributed by atoms with Crippen LogP contribution in [0.15, 0.2) is 6.20 Å². The van der Waals surface area contributed by atoms with Crippen molar-refractivity contribution in [3.8, 4) is 0 Å². The lowest BCUT2D eigenvalue weighted by Crippen LogP contribution is -2.60. The van der Waals surface area contributed by atoms with Crippen LogP contribution in [0.1, 0.15) is 54.2 Å². The number of hydrogen-bond donors (Lipinski definition) is 3. The highest BCUT2D eigenvalue weighted by molar-refractivity contribution is 7.13. The Morgan fingerprint density at radius 3 is 2.70 bits per heavy atom. The fourth-order valence-electron chi connectivity index (χ4n) is 5.11. The van der Waals surface area contributed by atoms with E-state index in [1.807, 2.05) is 0 Å². The summed E-state index contributed by atoms with van der Waals surface area (Å²) in [7, 11) is 0. The molecule has 0 radical (unpaired) electrons. The monoisotopic (exact) mass is 392 g/mol. The molecule has 4 fully saturated rings. The quantitative estimate of drug-likeness (QED) is 0.675. The summed E-state index contributed by atoms with van der Waals surface area (Å²) in [5.74, 6) is 0.129. The van der Waals surface area contributed by atoms with Gasteiger partial charge in [0.05, 0.1) is 27.8 Å². The average Bonchev–Trinajstić information content (AvgIpc) is 3.21. The number of carbonyl (C=O) groups excluding carboxylic acids is 2. The third-order valence-electron chi connectivity index (χ3n) is 6.35. The standard InChI is InChI=1S/C19H28N4O3S/c1-12(2)7-14-22-8-13(27-14)15(24)23-11-17-9-18(10-17,16(20)25)19(26-17)3-5-21-6-4-19/h8,12,21H,3-7,9-11H2,1-2H3,(H2,20,25)(H,23,24). The number of ether oxygens (including phenoxy) is 1. The van der Waals surface area contributed by atoms with Crippen LogP contribution in [-0.4, -0.2) is 47.6 Å². The molecule has 148 valence electrons. The third kappa shape index (κ3) is 2.98. The molecule has 4 N–H and O–H groups in total. The van der Waals surface area contributed by atoms with Crippen LogP contribution in [0.5, 0.6) is 0 Å². The zero-order valence-corrected chi connectivity index (χ0v) is 16.8. The second kappa shape index (κ2) is 6.53. The summed E-state index contributed by atoms with van der Waals surface area (Å²) in [5, 5.41) is 7.31. The SMILES string of the molecule is CC(C)Cc1ncc(C(=O)NCC23CC(C(N)=O)(C2)C2(CCNCC2)O3)s1.